The molecule has 0 aliphatic heterocycles. The van der Waals surface area contributed by atoms with Crippen LogP contribution >= 0.6 is 0 Å². The van der Waals surface area contributed by atoms with Crippen LogP contribution in [0.3, 0.4) is 0 Å². The second kappa shape index (κ2) is 8.42. The van der Waals surface area contributed by atoms with E-state index in [1.165, 1.54) is 21.7 Å². The highest BCUT2D eigenvalue weighted by molar-refractivity contribution is 6.08. The number of hydrogen-bond donors (Lipinski definition) is 1. The molecule has 150 valence electrons. The fourth-order valence-electron chi connectivity index (χ4n) is 4.08. The van der Waals surface area contributed by atoms with Crippen molar-refractivity contribution in [2.45, 2.75) is 26.3 Å². The second-order valence-corrected chi connectivity index (χ2v) is 7.54. The maximum atomic E-state index is 11.2. The Bertz CT molecular complexity index is 1280. The van der Waals surface area contributed by atoms with E-state index in [0.29, 0.717) is 0 Å². The third-order valence-corrected chi connectivity index (χ3v) is 5.43. The van der Waals surface area contributed by atoms with E-state index in [9.17, 15) is 9.90 Å². The average molecular weight is 396 g/mol. The summed E-state index contributed by atoms with van der Waals surface area (Å²) in [6.07, 6.45) is 8.32. The van der Waals surface area contributed by atoms with Crippen molar-refractivity contribution >= 4 is 27.6 Å². The fourth-order valence-corrected chi connectivity index (χ4v) is 4.08. The summed E-state index contributed by atoms with van der Waals surface area (Å²) in [6, 6.07) is 23.0. The highest BCUT2D eigenvalue weighted by atomic mass is 16.4. The first-order valence-corrected chi connectivity index (χ1v) is 10.2. The number of aliphatic carboxylic acids is 1. The zero-order valence-electron chi connectivity index (χ0n) is 17.2. The molecule has 0 spiro atoms. The molecule has 4 rings (SSSR count). The summed E-state index contributed by atoms with van der Waals surface area (Å²) < 4.78 is 2.33. The van der Waals surface area contributed by atoms with Crippen LogP contribution in [0.2, 0.25) is 0 Å². The monoisotopic (exact) mass is 395 g/mol. The lowest BCUT2D eigenvalue weighted by molar-refractivity contribution is -0.136. The molecule has 1 unspecified atom stereocenters. The molecular formula is C27H25NO2. The van der Waals surface area contributed by atoms with Crippen LogP contribution in [0.15, 0.2) is 91.0 Å². The number of allylic oxidation sites excluding steroid dienone is 4. The lowest BCUT2D eigenvalue weighted by atomic mass is 10.0. The molecule has 3 heteroatoms. The van der Waals surface area contributed by atoms with E-state index in [4.69, 9.17) is 0 Å². The lowest BCUT2D eigenvalue weighted by Gasteiger charge is -2.17. The zero-order valence-corrected chi connectivity index (χ0v) is 17.2. The average Bonchev–Trinajstić information content (AvgIpc) is 3.14. The first kappa shape index (κ1) is 19.7. The van der Waals surface area contributed by atoms with Crippen molar-refractivity contribution in [2.75, 3.05) is 0 Å². The number of carbonyl (C=O) groups is 1. The predicted octanol–water partition coefficient (Wildman–Crippen LogP) is 6.78. The number of carboxylic acids is 1. The normalized spacial score (nSPS) is 13.0. The van der Waals surface area contributed by atoms with Crippen LogP contribution in [0.4, 0.5) is 0 Å². The van der Waals surface area contributed by atoms with Crippen molar-refractivity contribution in [3.63, 3.8) is 0 Å². The first-order valence-electron chi connectivity index (χ1n) is 10.2. The summed E-state index contributed by atoms with van der Waals surface area (Å²) in [5.74, 6) is -0.818. The van der Waals surface area contributed by atoms with Gasteiger partial charge in [0.25, 0.3) is 0 Å². The molecule has 0 amide bonds. The molecular weight excluding hydrogens is 370 g/mol. The summed E-state index contributed by atoms with van der Waals surface area (Å²) in [5, 5.41) is 12.8. The Morgan fingerprint density at radius 2 is 1.83 bits per heavy atom. The molecule has 1 N–H and O–H groups in total. The summed E-state index contributed by atoms with van der Waals surface area (Å²) in [6.45, 7) is 4.19. The van der Waals surface area contributed by atoms with Gasteiger partial charge in [-0.15, -0.1) is 0 Å². The number of hydrogen-bond acceptors (Lipinski definition) is 1. The molecule has 0 fully saturated rings. The van der Waals surface area contributed by atoms with Crippen LogP contribution in [-0.2, 0) is 11.2 Å². The summed E-state index contributed by atoms with van der Waals surface area (Å²) >= 11 is 0. The fraction of sp³-hybridized carbons (Fsp3) is 0.148. The maximum Gasteiger partial charge on any atom is 0.307 e. The van der Waals surface area contributed by atoms with E-state index < -0.39 is 5.97 Å². The van der Waals surface area contributed by atoms with Crippen LogP contribution < -0.4 is 0 Å². The minimum absolute atomic E-state index is 0.0216. The van der Waals surface area contributed by atoms with Crippen LogP contribution in [0.5, 0.6) is 0 Å². The van der Waals surface area contributed by atoms with Gasteiger partial charge in [-0.3, -0.25) is 4.79 Å². The minimum atomic E-state index is -0.818. The van der Waals surface area contributed by atoms with Crippen LogP contribution in [-0.4, -0.2) is 15.6 Å². The molecule has 0 radical (unpaired) electrons. The largest absolute Gasteiger partial charge is 0.481 e. The molecule has 1 atom stereocenters. The molecule has 1 aromatic heterocycles. The molecule has 0 aliphatic rings. The van der Waals surface area contributed by atoms with Crippen molar-refractivity contribution < 1.29 is 9.90 Å². The van der Waals surface area contributed by atoms with Crippen LogP contribution in [0, 0.1) is 0 Å². The first-order chi connectivity index (χ1) is 14.6. The van der Waals surface area contributed by atoms with Crippen molar-refractivity contribution in [3.05, 3.63) is 96.6 Å². The summed E-state index contributed by atoms with van der Waals surface area (Å²) in [4.78, 5) is 11.2. The van der Waals surface area contributed by atoms with Gasteiger partial charge in [0.1, 0.15) is 0 Å². The Labute approximate surface area is 176 Å². The Morgan fingerprint density at radius 3 is 2.63 bits per heavy atom. The topological polar surface area (TPSA) is 42.2 Å². The van der Waals surface area contributed by atoms with Crippen molar-refractivity contribution in [2.24, 2.45) is 0 Å². The summed E-state index contributed by atoms with van der Waals surface area (Å²) in [7, 11) is 0. The van der Waals surface area contributed by atoms with Crippen molar-refractivity contribution in [1.82, 2.24) is 4.57 Å². The van der Waals surface area contributed by atoms with E-state index in [1.54, 1.807) is 0 Å². The van der Waals surface area contributed by atoms with Gasteiger partial charge in [0, 0.05) is 22.6 Å². The van der Waals surface area contributed by atoms with E-state index >= 15 is 0 Å². The smallest absolute Gasteiger partial charge is 0.307 e. The van der Waals surface area contributed by atoms with E-state index in [2.05, 4.69) is 72.2 Å². The van der Waals surface area contributed by atoms with Gasteiger partial charge < -0.3 is 9.67 Å². The standard InChI is InChI=1S/C27H25NO2/c1-3-4-5-9-19(2)28-25-15-14-21-11-6-7-13-23(21)24(25)18-26(28)22-12-8-10-20(16-22)17-27(29)30/h3-16,18-19H,17H2,1-2H3,(H,29,30)/b4-3-,9-5-. The second-order valence-electron chi connectivity index (χ2n) is 7.54. The SMILES string of the molecule is C/C=C\C=C/C(C)n1c(-c2cccc(CC(=O)O)c2)cc2c3ccccc3ccc21. The number of nitrogens with zero attached hydrogens (tertiary/aromatic N) is 1. The van der Waals surface area contributed by atoms with Gasteiger partial charge in [0.05, 0.1) is 6.42 Å². The van der Waals surface area contributed by atoms with Crippen molar-refractivity contribution in [3.8, 4) is 11.3 Å². The third kappa shape index (κ3) is 3.79. The number of benzene rings is 3. The molecule has 4 aromatic rings. The Kier molecular flexibility index (Phi) is 5.53. The molecule has 1 heterocycles. The molecule has 3 nitrogen and oxygen atoms in total. The number of carboxylic acid groups (broad SMARTS) is 1. The Balaban J connectivity index is 1.96. The van der Waals surface area contributed by atoms with Gasteiger partial charge in [-0.2, -0.15) is 0 Å². The van der Waals surface area contributed by atoms with Gasteiger partial charge in [0.2, 0.25) is 0 Å². The molecule has 0 aliphatic carbocycles. The van der Waals surface area contributed by atoms with Gasteiger partial charge >= 0.3 is 5.97 Å². The van der Waals surface area contributed by atoms with E-state index in [-0.39, 0.29) is 12.5 Å². The highest BCUT2D eigenvalue weighted by Gasteiger charge is 2.16. The lowest BCUT2D eigenvalue weighted by Crippen LogP contribution is -2.05. The van der Waals surface area contributed by atoms with Gasteiger partial charge in [-0.25, -0.2) is 0 Å². The molecule has 0 saturated heterocycles. The van der Waals surface area contributed by atoms with Gasteiger partial charge in [0.15, 0.2) is 0 Å². The molecule has 0 saturated carbocycles. The van der Waals surface area contributed by atoms with E-state index in [1.807, 2.05) is 37.3 Å². The Hall–Kier alpha value is -3.59. The Morgan fingerprint density at radius 1 is 1.00 bits per heavy atom. The quantitative estimate of drug-likeness (QED) is 0.366. The summed E-state index contributed by atoms with van der Waals surface area (Å²) in [5.41, 5.74) is 4.09. The maximum absolute atomic E-state index is 11.2. The molecule has 0 bridgehead atoms. The van der Waals surface area contributed by atoms with Crippen LogP contribution in [0.1, 0.15) is 25.5 Å². The predicted molar refractivity (Wildman–Crippen MR) is 125 cm³/mol. The van der Waals surface area contributed by atoms with Gasteiger partial charge in [-0.05, 0) is 53.9 Å². The highest BCUT2D eigenvalue weighted by Crippen LogP contribution is 2.36. The van der Waals surface area contributed by atoms with Gasteiger partial charge in [-0.1, -0.05) is 72.8 Å². The molecule has 30 heavy (non-hydrogen) atoms. The third-order valence-electron chi connectivity index (χ3n) is 5.43. The zero-order chi connectivity index (χ0) is 21.1. The van der Waals surface area contributed by atoms with E-state index in [0.717, 1.165) is 16.8 Å². The van der Waals surface area contributed by atoms with Crippen molar-refractivity contribution in [1.29, 1.82) is 0 Å². The number of rotatable bonds is 6. The minimum Gasteiger partial charge on any atom is -0.481 e. The molecule has 3 aromatic carbocycles. The number of fused-ring (bicyclic) bond motifs is 3. The van der Waals surface area contributed by atoms with Crippen LogP contribution in [0.25, 0.3) is 32.9 Å². The number of aromatic nitrogens is 1.